The minimum Gasteiger partial charge on any atom is -0.478 e. The number of rotatable bonds is 9. The van der Waals surface area contributed by atoms with Crippen LogP contribution in [-0.4, -0.2) is 44.8 Å². The Kier molecular flexibility index (Phi) is 12.5. The topological polar surface area (TPSA) is 146 Å². The standard InChI is InChI=1S/C17H12ClNO3S2.C17H15NO4S2/c1-2-13-15(24-17(23)19-13)8-10-4-6-14(22-10)11-7-9(16(20)21)3-5-12(11)18;1-10-7-11(17(20)21)3-5-13(10)14-6-4-12(22-14)8-15(24-2)16(19)18-9-23/h2-8H,1H3,(H,19,23)(H,20,21);3-9H,1-2H3,(H,20,21)(H,18,19,23)/b13-2+,15-8-;15-8-. The Labute approximate surface area is 298 Å². The summed E-state index contributed by atoms with van der Waals surface area (Å²) in [4.78, 5) is 37.5. The molecule has 14 heteroatoms. The molecule has 3 heterocycles. The van der Waals surface area contributed by atoms with E-state index in [-0.39, 0.29) is 17.0 Å². The van der Waals surface area contributed by atoms with E-state index in [2.05, 4.69) is 22.5 Å². The third-order valence-corrected chi connectivity index (χ3v) is 9.03. The van der Waals surface area contributed by atoms with E-state index >= 15 is 0 Å². The van der Waals surface area contributed by atoms with Crippen molar-refractivity contribution >= 4 is 101 Å². The highest BCUT2D eigenvalue weighted by Crippen LogP contribution is 2.31. The van der Waals surface area contributed by atoms with Crippen molar-refractivity contribution in [3.8, 4) is 22.6 Å². The molecule has 5 rings (SSSR count). The van der Waals surface area contributed by atoms with Crippen LogP contribution >= 0.6 is 59.1 Å². The number of thiocarbonyl (C=S) groups is 1. The number of furan rings is 2. The monoisotopic (exact) mass is 738 g/mol. The number of halogens is 1. The molecule has 1 amide bonds. The van der Waals surface area contributed by atoms with Crippen LogP contribution in [0.1, 0.15) is 44.7 Å². The molecule has 0 spiro atoms. The van der Waals surface area contributed by atoms with Crippen LogP contribution in [0.2, 0.25) is 5.02 Å². The lowest BCUT2D eigenvalue weighted by Gasteiger charge is -2.04. The second-order valence-electron chi connectivity index (χ2n) is 9.77. The summed E-state index contributed by atoms with van der Waals surface area (Å²) < 4.78 is 13.2. The van der Waals surface area contributed by atoms with Gasteiger partial charge in [0.05, 0.1) is 36.4 Å². The van der Waals surface area contributed by atoms with E-state index < -0.39 is 11.9 Å². The fraction of sp³-hybridized carbons (Fsp3) is 0.0882. The normalized spacial score (nSPS) is 12.0. The van der Waals surface area contributed by atoms with Gasteiger partial charge in [0.1, 0.15) is 23.0 Å². The van der Waals surface area contributed by atoms with E-state index in [1.165, 1.54) is 41.3 Å². The second kappa shape index (κ2) is 16.5. The van der Waals surface area contributed by atoms with Gasteiger partial charge in [-0.3, -0.25) is 4.79 Å². The highest BCUT2D eigenvalue weighted by atomic mass is 35.5. The molecule has 2 aromatic carbocycles. The lowest BCUT2D eigenvalue weighted by atomic mass is 10.0. The molecule has 0 atom stereocenters. The van der Waals surface area contributed by atoms with Gasteiger partial charge in [0.15, 0.2) is 3.95 Å². The van der Waals surface area contributed by atoms with Gasteiger partial charge in [-0.15, -0.1) is 23.1 Å². The van der Waals surface area contributed by atoms with Crippen LogP contribution in [-0.2, 0) is 4.79 Å². The highest BCUT2D eigenvalue weighted by molar-refractivity contribution is 8.03. The average Bonchev–Trinajstić information content (AvgIpc) is 3.80. The van der Waals surface area contributed by atoms with Crippen molar-refractivity contribution in [1.82, 2.24) is 10.3 Å². The molecule has 246 valence electrons. The van der Waals surface area contributed by atoms with E-state index in [1.807, 2.05) is 26.0 Å². The van der Waals surface area contributed by atoms with E-state index in [1.54, 1.807) is 54.8 Å². The number of carbonyl (C=O) groups is 3. The molecular weight excluding hydrogens is 712 g/mol. The van der Waals surface area contributed by atoms with Crippen LogP contribution < -0.4 is 15.2 Å². The summed E-state index contributed by atoms with van der Waals surface area (Å²) in [5.74, 6) is -0.00609. The van der Waals surface area contributed by atoms with Gasteiger partial charge in [0.25, 0.3) is 5.91 Å². The predicted octanol–water partition coefficient (Wildman–Crippen LogP) is 7.78. The van der Waals surface area contributed by atoms with Gasteiger partial charge in [0, 0.05) is 17.2 Å². The molecule has 0 unspecified atom stereocenters. The number of hydrogen-bond acceptors (Lipinski definition) is 9. The largest absolute Gasteiger partial charge is 0.478 e. The maximum atomic E-state index is 11.8. The number of amides is 1. The summed E-state index contributed by atoms with van der Waals surface area (Å²) in [5, 5.41) is 21.9. The Bertz CT molecular complexity index is 2230. The van der Waals surface area contributed by atoms with Crippen molar-refractivity contribution in [3.05, 3.63) is 113 Å². The zero-order valence-corrected chi connectivity index (χ0v) is 29.6. The number of aromatic amines is 1. The van der Waals surface area contributed by atoms with Crippen molar-refractivity contribution in [2.45, 2.75) is 13.8 Å². The van der Waals surface area contributed by atoms with Crippen LogP contribution in [0.15, 0.2) is 74.4 Å². The highest BCUT2D eigenvalue weighted by Gasteiger charge is 2.14. The van der Waals surface area contributed by atoms with Crippen LogP contribution in [0.5, 0.6) is 0 Å². The Morgan fingerprint density at radius 3 is 2.19 bits per heavy atom. The molecule has 0 fully saturated rings. The third-order valence-electron chi connectivity index (χ3n) is 6.65. The first-order chi connectivity index (χ1) is 22.9. The zero-order chi connectivity index (χ0) is 35.0. The molecule has 0 aliphatic carbocycles. The maximum Gasteiger partial charge on any atom is 0.335 e. The number of aryl methyl sites for hydroxylation is 1. The van der Waals surface area contributed by atoms with Crippen molar-refractivity contribution < 1.29 is 33.4 Å². The number of aromatic nitrogens is 1. The Balaban J connectivity index is 0.000000217. The molecule has 5 aromatic rings. The maximum absolute atomic E-state index is 11.8. The van der Waals surface area contributed by atoms with Crippen LogP contribution in [0.4, 0.5) is 0 Å². The number of nitrogens with one attached hydrogen (secondary N) is 2. The summed E-state index contributed by atoms with van der Waals surface area (Å²) in [6.07, 6.45) is 7.23. The molecule has 0 saturated heterocycles. The number of thiazole rings is 1. The first kappa shape index (κ1) is 36.3. The average molecular weight is 739 g/mol. The summed E-state index contributed by atoms with van der Waals surface area (Å²) >= 11 is 18.7. The van der Waals surface area contributed by atoms with Crippen LogP contribution in [0.25, 0.3) is 40.9 Å². The van der Waals surface area contributed by atoms with Crippen LogP contribution in [0.3, 0.4) is 0 Å². The number of carboxylic acids is 2. The van der Waals surface area contributed by atoms with E-state index in [0.717, 1.165) is 26.5 Å². The number of carbonyl (C=O) groups excluding carboxylic acids is 1. The Hall–Kier alpha value is -4.53. The molecule has 0 bridgehead atoms. The number of carboxylic acid groups (broad SMARTS) is 2. The molecule has 0 saturated carbocycles. The van der Waals surface area contributed by atoms with Crippen molar-refractivity contribution in [1.29, 1.82) is 0 Å². The molecule has 48 heavy (non-hydrogen) atoms. The summed E-state index contributed by atoms with van der Waals surface area (Å²) in [7, 11) is 0. The van der Waals surface area contributed by atoms with Crippen molar-refractivity contribution in [2.24, 2.45) is 0 Å². The Morgan fingerprint density at radius 1 is 0.938 bits per heavy atom. The van der Waals surface area contributed by atoms with E-state index in [0.29, 0.717) is 42.5 Å². The van der Waals surface area contributed by atoms with Crippen molar-refractivity contribution in [3.63, 3.8) is 0 Å². The second-order valence-corrected chi connectivity index (χ2v) is 13.0. The number of hydrogen-bond donors (Lipinski definition) is 4. The molecule has 0 aliphatic heterocycles. The van der Waals surface area contributed by atoms with Gasteiger partial charge in [-0.05, 0) is 98.6 Å². The summed E-state index contributed by atoms with van der Waals surface area (Å²) in [6.45, 7) is 3.75. The fourth-order valence-corrected chi connectivity index (χ4v) is 6.33. The van der Waals surface area contributed by atoms with Gasteiger partial charge in [0.2, 0.25) is 0 Å². The van der Waals surface area contributed by atoms with Gasteiger partial charge >= 0.3 is 11.9 Å². The first-order valence-corrected chi connectivity index (χ1v) is 17.2. The molecular formula is C34H27ClN2O7S4. The minimum atomic E-state index is -1.01. The van der Waals surface area contributed by atoms with Gasteiger partial charge in [-0.2, -0.15) is 0 Å². The number of H-pyrrole nitrogens is 1. The SMILES string of the molecule is C/C=c1/[nH]c(=S)s/c1=C\c1ccc(-c2cc(C(=O)O)ccc2Cl)o1.CS/C(=C\c1ccc(-c2ccc(C(=O)O)cc2C)o1)C(=O)NC=S. The molecule has 3 aromatic heterocycles. The van der Waals surface area contributed by atoms with Crippen molar-refractivity contribution in [2.75, 3.05) is 6.26 Å². The minimum absolute atomic E-state index is 0.155. The molecule has 0 aliphatic rings. The Morgan fingerprint density at radius 2 is 1.56 bits per heavy atom. The molecule has 0 radical (unpaired) electrons. The third kappa shape index (κ3) is 9.08. The quantitative estimate of drug-likeness (QED) is 0.0874. The predicted molar refractivity (Wildman–Crippen MR) is 198 cm³/mol. The van der Waals surface area contributed by atoms with Gasteiger partial charge in [-0.25, -0.2) is 9.59 Å². The summed E-state index contributed by atoms with van der Waals surface area (Å²) in [5.41, 5.74) is 3.68. The summed E-state index contributed by atoms with van der Waals surface area (Å²) in [6, 6.07) is 16.4. The number of benzene rings is 2. The first-order valence-electron chi connectivity index (χ1n) is 13.9. The lowest BCUT2D eigenvalue weighted by molar-refractivity contribution is -0.115. The van der Waals surface area contributed by atoms with Gasteiger partial charge in [-0.1, -0.05) is 36.0 Å². The van der Waals surface area contributed by atoms with Gasteiger partial charge < -0.3 is 29.3 Å². The zero-order valence-electron chi connectivity index (χ0n) is 25.5. The molecule has 9 nitrogen and oxygen atoms in total. The lowest BCUT2D eigenvalue weighted by Crippen LogP contribution is -2.20. The fourth-order valence-electron chi connectivity index (χ4n) is 4.34. The van der Waals surface area contributed by atoms with E-state index in [4.69, 9.17) is 42.9 Å². The number of thioether (sulfide) groups is 1. The molecule has 4 N–H and O–H groups in total. The van der Waals surface area contributed by atoms with Crippen LogP contribution in [0, 0.1) is 10.9 Å². The smallest absolute Gasteiger partial charge is 0.335 e. The number of aromatic carboxylic acids is 2. The van der Waals surface area contributed by atoms with E-state index in [9.17, 15) is 14.4 Å².